The van der Waals surface area contributed by atoms with Gasteiger partial charge < -0.3 is 4.98 Å². The number of H-pyrrole nitrogens is 1. The zero-order valence-electron chi connectivity index (χ0n) is 11.9. The maximum absolute atomic E-state index is 14.4. The van der Waals surface area contributed by atoms with Crippen LogP contribution in [0.4, 0.5) is 4.39 Å². The van der Waals surface area contributed by atoms with E-state index >= 15 is 0 Å². The van der Waals surface area contributed by atoms with Crippen LogP contribution < -0.4 is 0 Å². The minimum absolute atomic E-state index is 0.204. The molecule has 1 aromatic heterocycles. The van der Waals surface area contributed by atoms with E-state index in [1.54, 1.807) is 6.07 Å². The Bertz CT molecular complexity index is 938. The van der Waals surface area contributed by atoms with Crippen molar-refractivity contribution in [2.24, 2.45) is 0 Å². The van der Waals surface area contributed by atoms with E-state index in [0.29, 0.717) is 5.56 Å². The average Bonchev–Trinajstić information content (AvgIpc) is 2.95. The van der Waals surface area contributed by atoms with E-state index in [1.807, 2.05) is 66.7 Å². The summed E-state index contributed by atoms with van der Waals surface area (Å²) < 4.78 is 14.4. The first kappa shape index (κ1) is 12.8. The fourth-order valence-electron chi connectivity index (χ4n) is 2.91. The van der Waals surface area contributed by atoms with Gasteiger partial charge in [0.2, 0.25) is 0 Å². The molecule has 0 amide bonds. The molecule has 0 aliphatic rings. The topological polar surface area (TPSA) is 15.8 Å². The number of aromatic amines is 1. The van der Waals surface area contributed by atoms with Gasteiger partial charge in [-0.05, 0) is 17.7 Å². The van der Waals surface area contributed by atoms with Gasteiger partial charge in [-0.25, -0.2) is 4.39 Å². The van der Waals surface area contributed by atoms with E-state index in [2.05, 4.69) is 4.98 Å². The lowest BCUT2D eigenvalue weighted by Crippen LogP contribution is -1.86. The van der Waals surface area contributed by atoms with E-state index in [1.165, 1.54) is 6.07 Å². The molecule has 0 aliphatic heterocycles. The molecule has 1 heterocycles. The number of hydrogen-bond acceptors (Lipinski definition) is 0. The Balaban J connectivity index is 2.10. The van der Waals surface area contributed by atoms with Gasteiger partial charge in [-0.1, -0.05) is 66.7 Å². The van der Waals surface area contributed by atoms with Crippen molar-refractivity contribution in [2.75, 3.05) is 0 Å². The van der Waals surface area contributed by atoms with Crippen LogP contribution in [0.3, 0.4) is 0 Å². The molecule has 22 heavy (non-hydrogen) atoms. The van der Waals surface area contributed by atoms with Crippen molar-refractivity contribution in [3.05, 3.63) is 84.7 Å². The standard InChI is InChI=1S/C20H14FN/c21-17-12-6-4-10-15(17)19-16-11-5-7-13-18(16)22-20(19)14-8-2-1-3-9-14/h1-13,22H. The molecule has 4 rings (SSSR count). The molecule has 0 bridgehead atoms. The van der Waals surface area contributed by atoms with Crippen LogP contribution in [0, 0.1) is 5.82 Å². The first-order valence-corrected chi connectivity index (χ1v) is 7.25. The van der Waals surface area contributed by atoms with E-state index in [9.17, 15) is 4.39 Å². The number of para-hydroxylation sites is 1. The Hall–Kier alpha value is -2.87. The van der Waals surface area contributed by atoms with Crippen molar-refractivity contribution in [3.63, 3.8) is 0 Å². The molecule has 0 atom stereocenters. The summed E-state index contributed by atoms with van der Waals surface area (Å²) in [6.45, 7) is 0. The van der Waals surface area contributed by atoms with E-state index in [-0.39, 0.29) is 5.82 Å². The lowest BCUT2D eigenvalue weighted by molar-refractivity contribution is 0.631. The largest absolute Gasteiger partial charge is 0.354 e. The lowest BCUT2D eigenvalue weighted by atomic mass is 9.98. The monoisotopic (exact) mass is 287 g/mol. The highest BCUT2D eigenvalue weighted by Crippen LogP contribution is 2.39. The summed E-state index contributed by atoms with van der Waals surface area (Å²) in [6.07, 6.45) is 0. The van der Waals surface area contributed by atoms with Gasteiger partial charge >= 0.3 is 0 Å². The minimum atomic E-state index is -0.204. The molecule has 4 aromatic rings. The number of benzene rings is 3. The van der Waals surface area contributed by atoms with Crippen molar-refractivity contribution in [1.29, 1.82) is 0 Å². The highest BCUT2D eigenvalue weighted by atomic mass is 19.1. The summed E-state index contributed by atoms with van der Waals surface area (Å²) in [7, 11) is 0. The number of aromatic nitrogens is 1. The van der Waals surface area contributed by atoms with E-state index < -0.39 is 0 Å². The Kier molecular flexibility index (Phi) is 3.01. The molecule has 1 nitrogen and oxygen atoms in total. The number of nitrogens with one attached hydrogen (secondary N) is 1. The van der Waals surface area contributed by atoms with Crippen LogP contribution >= 0.6 is 0 Å². The van der Waals surface area contributed by atoms with Gasteiger partial charge in [-0.2, -0.15) is 0 Å². The third kappa shape index (κ3) is 2.01. The van der Waals surface area contributed by atoms with Crippen LogP contribution in [0.5, 0.6) is 0 Å². The normalized spacial score (nSPS) is 11.0. The maximum atomic E-state index is 14.4. The van der Waals surface area contributed by atoms with Crippen molar-refractivity contribution < 1.29 is 4.39 Å². The fourth-order valence-corrected chi connectivity index (χ4v) is 2.91. The molecule has 0 aliphatic carbocycles. The summed E-state index contributed by atoms with van der Waals surface area (Å²) in [5.74, 6) is -0.204. The maximum Gasteiger partial charge on any atom is 0.131 e. The second-order valence-corrected chi connectivity index (χ2v) is 5.27. The van der Waals surface area contributed by atoms with Crippen LogP contribution in [0.2, 0.25) is 0 Å². The number of halogens is 1. The van der Waals surface area contributed by atoms with E-state index in [4.69, 9.17) is 0 Å². The second-order valence-electron chi connectivity index (χ2n) is 5.27. The Morgan fingerprint density at radius 1 is 0.682 bits per heavy atom. The van der Waals surface area contributed by atoms with Gasteiger partial charge in [0.25, 0.3) is 0 Å². The predicted octanol–water partition coefficient (Wildman–Crippen LogP) is 5.64. The summed E-state index contributed by atoms with van der Waals surface area (Å²) in [4.78, 5) is 3.44. The van der Waals surface area contributed by atoms with Gasteiger partial charge in [0, 0.05) is 22.0 Å². The van der Waals surface area contributed by atoms with E-state index in [0.717, 1.165) is 27.7 Å². The predicted molar refractivity (Wildman–Crippen MR) is 89.1 cm³/mol. The molecule has 1 N–H and O–H groups in total. The molecule has 0 saturated heterocycles. The highest BCUT2D eigenvalue weighted by molar-refractivity contribution is 6.03. The SMILES string of the molecule is Fc1ccccc1-c1c(-c2ccccc2)[nH]c2ccccc12. The molecule has 0 spiro atoms. The molecule has 106 valence electrons. The van der Waals surface area contributed by atoms with Crippen molar-refractivity contribution >= 4 is 10.9 Å². The van der Waals surface area contributed by atoms with Crippen molar-refractivity contribution in [1.82, 2.24) is 4.98 Å². The molecular weight excluding hydrogens is 273 g/mol. The van der Waals surface area contributed by atoms with Gasteiger partial charge in [-0.15, -0.1) is 0 Å². The Morgan fingerprint density at radius 3 is 2.18 bits per heavy atom. The summed E-state index contributed by atoms with van der Waals surface area (Å²) >= 11 is 0. The van der Waals surface area contributed by atoms with Crippen LogP contribution in [0.15, 0.2) is 78.9 Å². The molecule has 3 aromatic carbocycles. The smallest absolute Gasteiger partial charge is 0.131 e. The van der Waals surface area contributed by atoms with Gasteiger partial charge in [0.05, 0.1) is 5.69 Å². The fraction of sp³-hybridized carbons (Fsp3) is 0. The van der Waals surface area contributed by atoms with Gasteiger partial charge in [-0.3, -0.25) is 0 Å². The molecular formula is C20H14FN. The Labute approximate surface area is 128 Å². The molecule has 0 fully saturated rings. The number of hydrogen-bond donors (Lipinski definition) is 1. The molecule has 0 unspecified atom stereocenters. The molecule has 2 heteroatoms. The van der Waals surface area contributed by atoms with Crippen molar-refractivity contribution in [3.8, 4) is 22.4 Å². The van der Waals surface area contributed by atoms with Crippen LogP contribution in [-0.2, 0) is 0 Å². The molecule has 0 saturated carbocycles. The first-order valence-electron chi connectivity index (χ1n) is 7.25. The highest BCUT2D eigenvalue weighted by Gasteiger charge is 2.16. The Morgan fingerprint density at radius 2 is 1.36 bits per heavy atom. The lowest BCUT2D eigenvalue weighted by Gasteiger charge is -2.06. The van der Waals surface area contributed by atoms with Gasteiger partial charge in [0.15, 0.2) is 0 Å². The van der Waals surface area contributed by atoms with Crippen molar-refractivity contribution in [2.45, 2.75) is 0 Å². The average molecular weight is 287 g/mol. The third-order valence-corrected chi connectivity index (χ3v) is 3.91. The molecule has 0 radical (unpaired) electrons. The first-order chi connectivity index (χ1) is 10.8. The number of rotatable bonds is 2. The quantitative estimate of drug-likeness (QED) is 0.491. The zero-order chi connectivity index (χ0) is 14.9. The van der Waals surface area contributed by atoms with Crippen LogP contribution in [0.25, 0.3) is 33.3 Å². The minimum Gasteiger partial charge on any atom is -0.354 e. The van der Waals surface area contributed by atoms with Crippen LogP contribution in [0.1, 0.15) is 0 Å². The second kappa shape index (κ2) is 5.15. The van der Waals surface area contributed by atoms with Gasteiger partial charge in [0.1, 0.15) is 5.82 Å². The third-order valence-electron chi connectivity index (χ3n) is 3.91. The zero-order valence-corrected chi connectivity index (χ0v) is 11.9. The number of fused-ring (bicyclic) bond motifs is 1. The summed E-state index contributed by atoms with van der Waals surface area (Å²) in [5, 5.41) is 1.03. The van der Waals surface area contributed by atoms with Crippen LogP contribution in [-0.4, -0.2) is 4.98 Å². The summed E-state index contributed by atoms with van der Waals surface area (Å²) in [5.41, 5.74) is 4.56. The summed E-state index contributed by atoms with van der Waals surface area (Å²) in [6, 6.07) is 25.0.